The molecule has 4 nitrogen and oxygen atoms in total. The summed E-state index contributed by atoms with van der Waals surface area (Å²) in [4.78, 5) is 24.1. The Labute approximate surface area is 116 Å². The Balaban J connectivity index is 1.70. The predicted octanol–water partition coefficient (Wildman–Crippen LogP) is 2.44. The molecular weight excluding hydrogens is 262 g/mol. The van der Waals surface area contributed by atoms with Crippen molar-refractivity contribution >= 4 is 23.2 Å². The van der Waals surface area contributed by atoms with E-state index in [-0.39, 0.29) is 11.9 Å². The van der Waals surface area contributed by atoms with Gasteiger partial charge in [-0.05, 0) is 37.1 Å². The van der Waals surface area contributed by atoms with Gasteiger partial charge in [-0.1, -0.05) is 12.5 Å². The molecule has 2 atom stereocenters. The zero-order valence-electron chi connectivity index (χ0n) is 10.8. The van der Waals surface area contributed by atoms with E-state index in [0.717, 1.165) is 25.7 Å². The molecule has 2 rings (SSSR count). The molecule has 0 aliphatic heterocycles. The zero-order chi connectivity index (χ0) is 13.7. The minimum Gasteiger partial charge on any atom is -0.481 e. The minimum absolute atomic E-state index is 0.0188. The first-order valence-corrected chi connectivity index (χ1v) is 7.59. The van der Waals surface area contributed by atoms with Gasteiger partial charge in [-0.2, -0.15) is 0 Å². The average molecular weight is 281 g/mol. The summed E-state index contributed by atoms with van der Waals surface area (Å²) in [6.45, 7) is 0. The Hall–Kier alpha value is -1.36. The molecule has 1 aromatic rings. The molecule has 1 aliphatic carbocycles. The van der Waals surface area contributed by atoms with E-state index in [4.69, 9.17) is 5.11 Å². The normalized spacial score (nSPS) is 22.3. The van der Waals surface area contributed by atoms with Gasteiger partial charge in [0.25, 0.3) is 0 Å². The van der Waals surface area contributed by atoms with Crippen molar-refractivity contribution in [2.75, 3.05) is 0 Å². The van der Waals surface area contributed by atoms with Crippen LogP contribution in [0.25, 0.3) is 0 Å². The molecule has 1 saturated carbocycles. The van der Waals surface area contributed by atoms with Crippen LogP contribution in [0.3, 0.4) is 0 Å². The lowest BCUT2D eigenvalue weighted by molar-refractivity contribution is -0.142. The SMILES string of the molecule is O=C(CCCc1cccs1)NC1CCCC1C(=O)O. The van der Waals surface area contributed by atoms with Gasteiger partial charge in [-0.3, -0.25) is 9.59 Å². The van der Waals surface area contributed by atoms with E-state index >= 15 is 0 Å². The zero-order valence-corrected chi connectivity index (χ0v) is 11.6. The lowest BCUT2D eigenvalue weighted by atomic mass is 10.0. The summed E-state index contributed by atoms with van der Waals surface area (Å²) in [5.74, 6) is -1.21. The van der Waals surface area contributed by atoms with Crippen LogP contribution >= 0.6 is 11.3 Å². The van der Waals surface area contributed by atoms with E-state index < -0.39 is 11.9 Å². The molecule has 2 unspecified atom stereocenters. The second-order valence-electron chi connectivity index (χ2n) is 4.98. The van der Waals surface area contributed by atoms with Gasteiger partial charge in [0.15, 0.2) is 0 Å². The number of carbonyl (C=O) groups is 2. The van der Waals surface area contributed by atoms with Crippen LogP contribution in [-0.4, -0.2) is 23.0 Å². The lowest BCUT2D eigenvalue weighted by Crippen LogP contribution is -2.40. The Morgan fingerprint density at radius 2 is 2.26 bits per heavy atom. The van der Waals surface area contributed by atoms with E-state index in [1.54, 1.807) is 11.3 Å². The van der Waals surface area contributed by atoms with Crippen molar-refractivity contribution in [2.24, 2.45) is 5.92 Å². The third kappa shape index (κ3) is 4.06. The average Bonchev–Trinajstić information content (AvgIpc) is 2.99. The molecule has 0 aromatic carbocycles. The van der Waals surface area contributed by atoms with Crippen LogP contribution in [0, 0.1) is 5.92 Å². The van der Waals surface area contributed by atoms with Gasteiger partial charge in [0.1, 0.15) is 0 Å². The Morgan fingerprint density at radius 1 is 1.42 bits per heavy atom. The van der Waals surface area contributed by atoms with E-state index in [0.29, 0.717) is 12.8 Å². The van der Waals surface area contributed by atoms with Crippen molar-refractivity contribution in [3.05, 3.63) is 22.4 Å². The number of rotatable bonds is 6. The first-order chi connectivity index (χ1) is 9.16. The highest BCUT2D eigenvalue weighted by molar-refractivity contribution is 7.09. The summed E-state index contributed by atoms with van der Waals surface area (Å²) in [6, 6.07) is 3.91. The first-order valence-electron chi connectivity index (χ1n) is 6.71. The first kappa shape index (κ1) is 14.1. The largest absolute Gasteiger partial charge is 0.481 e. The number of amides is 1. The number of nitrogens with one attached hydrogen (secondary N) is 1. The van der Waals surface area contributed by atoms with Crippen LogP contribution in [0.2, 0.25) is 0 Å². The van der Waals surface area contributed by atoms with Crippen molar-refractivity contribution in [2.45, 2.75) is 44.6 Å². The minimum atomic E-state index is -0.790. The van der Waals surface area contributed by atoms with Crippen LogP contribution in [0.4, 0.5) is 0 Å². The van der Waals surface area contributed by atoms with Crippen LogP contribution < -0.4 is 5.32 Å². The van der Waals surface area contributed by atoms with Gasteiger partial charge in [-0.15, -0.1) is 11.3 Å². The number of aliphatic carboxylic acids is 1. The highest BCUT2D eigenvalue weighted by Gasteiger charge is 2.33. The number of hydrogen-bond acceptors (Lipinski definition) is 3. The van der Waals surface area contributed by atoms with Gasteiger partial charge in [0, 0.05) is 17.3 Å². The third-order valence-corrected chi connectivity index (χ3v) is 4.52. The van der Waals surface area contributed by atoms with Gasteiger partial charge in [0.05, 0.1) is 5.92 Å². The van der Waals surface area contributed by atoms with E-state index in [9.17, 15) is 9.59 Å². The summed E-state index contributed by atoms with van der Waals surface area (Å²) in [6.07, 6.45) is 4.55. The molecule has 1 heterocycles. The maximum Gasteiger partial charge on any atom is 0.308 e. The summed E-state index contributed by atoms with van der Waals surface area (Å²) in [5.41, 5.74) is 0. The number of carboxylic acid groups (broad SMARTS) is 1. The molecule has 19 heavy (non-hydrogen) atoms. The smallest absolute Gasteiger partial charge is 0.308 e. The molecule has 5 heteroatoms. The molecule has 104 valence electrons. The van der Waals surface area contributed by atoms with Crippen LogP contribution in [0.15, 0.2) is 17.5 Å². The van der Waals surface area contributed by atoms with E-state index in [1.807, 2.05) is 11.4 Å². The van der Waals surface area contributed by atoms with Crippen LogP contribution in [-0.2, 0) is 16.0 Å². The maximum atomic E-state index is 11.8. The molecule has 1 aromatic heterocycles. The molecule has 2 N–H and O–H groups in total. The molecule has 1 fully saturated rings. The summed E-state index contributed by atoms with van der Waals surface area (Å²) < 4.78 is 0. The Bertz CT molecular complexity index is 430. The lowest BCUT2D eigenvalue weighted by Gasteiger charge is -2.17. The molecule has 0 spiro atoms. The van der Waals surface area contributed by atoms with Gasteiger partial charge < -0.3 is 10.4 Å². The van der Waals surface area contributed by atoms with Gasteiger partial charge in [0.2, 0.25) is 5.91 Å². The van der Waals surface area contributed by atoms with Crippen molar-refractivity contribution in [3.8, 4) is 0 Å². The van der Waals surface area contributed by atoms with Gasteiger partial charge in [-0.25, -0.2) is 0 Å². The maximum absolute atomic E-state index is 11.8. The Kier molecular flexibility index (Phi) is 4.96. The monoisotopic (exact) mass is 281 g/mol. The highest BCUT2D eigenvalue weighted by atomic mass is 32.1. The van der Waals surface area contributed by atoms with E-state index in [1.165, 1.54) is 4.88 Å². The summed E-state index contributed by atoms with van der Waals surface area (Å²) >= 11 is 1.70. The number of carbonyl (C=O) groups excluding carboxylic acids is 1. The number of thiophene rings is 1. The second kappa shape index (κ2) is 6.70. The predicted molar refractivity (Wildman–Crippen MR) is 74.2 cm³/mol. The molecule has 0 saturated heterocycles. The van der Waals surface area contributed by atoms with Crippen molar-refractivity contribution in [1.82, 2.24) is 5.32 Å². The topological polar surface area (TPSA) is 66.4 Å². The standard InChI is InChI=1S/C14H19NO3S/c16-13(8-1-4-10-5-3-9-19-10)15-12-7-2-6-11(12)14(17)18/h3,5,9,11-12H,1-2,4,6-8H2,(H,15,16)(H,17,18). The second-order valence-corrected chi connectivity index (χ2v) is 6.01. The number of carboxylic acids is 1. The van der Waals surface area contributed by atoms with Crippen LogP contribution in [0.1, 0.15) is 37.0 Å². The molecular formula is C14H19NO3S. The fourth-order valence-electron chi connectivity index (χ4n) is 2.59. The molecule has 1 aliphatic rings. The fourth-order valence-corrected chi connectivity index (χ4v) is 3.34. The van der Waals surface area contributed by atoms with E-state index in [2.05, 4.69) is 11.4 Å². The number of aryl methyl sites for hydroxylation is 1. The van der Waals surface area contributed by atoms with Crippen molar-refractivity contribution < 1.29 is 14.7 Å². The van der Waals surface area contributed by atoms with Gasteiger partial charge >= 0.3 is 5.97 Å². The highest BCUT2D eigenvalue weighted by Crippen LogP contribution is 2.25. The third-order valence-electron chi connectivity index (χ3n) is 3.59. The summed E-state index contributed by atoms with van der Waals surface area (Å²) in [5, 5.41) is 14.0. The number of hydrogen-bond donors (Lipinski definition) is 2. The Morgan fingerprint density at radius 3 is 2.95 bits per heavy atom. The molecule has 0 bridgehead atoms. The van der Waals surface area contributed by atoms with Crippen LogP contribution in [0.5, 0.6) is 0 Å². The quantitative estimate of drug-likeness (QED) is 0.841. The summed E-state index contributed by atoms with van der Waals surface area (Å²) in [7, 11) is 0. The van der Waals surface area contributed by atoms with Crippen molar-refractivity contribution in [3.63, 3.8) is 0 Å². The molecule has 0 radical (unpaired) electrons. The molecule has 1 amide bonds. The van der Waals surface area contributed by atoms with Crippen molar-refractivity contribution in [1.29, 1.82) is 0 Å². The fraction of sp³-hybridized carbons (Fsp3) is 0.571.